The maximum Gasteiger partial charge on any atom is 0.276 e. The van der Waals surface area contributed by atoms with Crippen LogP contribution in [-0.4, -0.2) is 21.9 Å². The third-order valence-corrected chi connectivity index (χ3v) is 3.28. The number of carbonyl (C=O) groups excluding carboxylic acids is 1. The van der Waals surface area contributed by atoms with Gasteiger partial charge in [0.2, 0.25) is 5.78 Å². The molecule has 0 aliphatic carbocycles. The summed E-state index contributed by atoms with van der Waals surface area (Å²) in [5.41, 5.74) is 1.85. The molecular weight excluding hydrogens is 272 g/mol. The molecule has 110 valence electrons. The molecule has 6 heteroatoms. The topological polar surface area (TPSA) is 74.4 Å². The Hall–Kier alpha value is -2.63. The fourth-order valence-electron chi connectivity index (χ4n) is 2.14. The summed E-state index contributed by atoms with van der Waals surface area (Å²) in [7, 11) is 1.77. The van der Waals surface area contributed by atoms with Gasteiger partial charge in [0.25, 0.3) is 5.69 Å². The lowest BCUT2D eigenvalue weighted by Crippen LogP contribution is -2.15. The molecule has 2 rings (SSSR count). The Labute approximate surface area is 122 Å². The molecule has 0 amide bonds. The molecule has 0 radical (unpaired) electrons. The van der Waals surface area contributed by atoms with Gasteiger partial charge in [-0.25, -0.2) is 0 Å². The first-order chi connectivity index (χ1) is 9.90. The van der Waals surface area contributed by atoms with E-state index in [1.165, 1.54) is 6.07 Å². The quantitative estimate of drug-likeness (QED) is 0.481. The van der Waals surface area contributed by atoms with Crippen molar-refractivity contribution in [2.24, 2.45) is 7.05 Å². The molecule has 0 saturated heterocycles. The van der Waals surface area contributed by atoms with Gasteiger partial charge in [0.15, 0.2) is 6.61 Å². The zero-order chi connectivity index (χ0) is 15.6. The first-order valence-corrected chi connectivity index (χ1v) is 6.43. The molecule has 2 aromatic rings. The van der Waals surface area contributed by atoms with Gasteiger partial charge in [0, 0.05) is 18.8 Å². The van der Waals surface area contributed by atoms with E-state index in [0.29, 0.717) is 17.0 Å². The average molecular weight is 288 g/mol. The number of aryl methyl sites for hydroxylation is 3. The van der Waals surface area contributed by atoms with Crippen LogP contribution in [0.2, 0.25) is 0 Å². The van der Waals surface area contributed by atoms with E-state index in [1.54, 1.807) is 49.9 Å². The fourth-order valence-corrected chi connectivity index (χ4v) is 2.14. The highest BCUT2D eigenvalue weighted by Crippen LogP contribution is 2.28. The van der Waals surface area contributed by atoms with E-state index in [0.717, 1.165) is 5.56 Å². The van der Waals surface area contributed by atoms with Crippen molar-refractivity contribution in [3.8, 4) is 5.75 Å². The first-order valence-electron chi connectivity index (χ1n) is 6.43. The van der Waals surface area contributed by atoms with Crippen LogP contribution in [0, 0.1) is 24.0 Å². The third-order valence-electron chi connectivity index (χ3n) is 3.28. The third kappa shape index (κ3) is 3.10. The van der Waals surface area contributed by atoms with Crippen LogP contribution in [-0.2, 0) is 7.05 Å². The summed E-state index contributed by atoms with van der Waals surface area (Å²) in [5.74, 6) is 0.181. The minimum Gasteiger partial charge on any atom is -0.485 e. The van der Waals surface area contributed by atoms with E-state index in [1.807, 2.05) is 0 Å². The van der Waals surface area contributed by atoms with Crippen LogP contribution in [0.5, 0.6) is 5.75 Å². The Kier molecular flexibility index (Phi) is 4.07. The van der Waals surface area contributed by atoms with Gasteiger partial charge in [-0.1, -0.05) is 0 Å². The molecule has 0 spiro atoms. The van der Waals surface area contributed by atoms with Gasteiger partial charge in [0.05, 0.1) is 16.7 Å². The highest BCUT2D eigenvalue weighted by atomic mass is 16.6. The predicted octanol–water partition coefficient (Wildman–Crippen LogP) is 2.81. The summed E-state index contributed by atoms with van der Waals surface area (Å²) >= 11 is 0. The van der Waals surface area contributed by atoms with Crippen LogP contribution >= 0.6 is 0 Å². The monoisotopic (exact) mass is 288 g/mol. The van der Waals surface area contributed by atoms with Crippen LogP contribution in [0.1, 0.15) is 21.6 Å². The molecule has 0 N–H and O–H groups in total. The predicted molar refractivity (Wildman–Crippen MR) is 77.8 cm³/mol. The van der Waals surface area contributed by atoms with E-state index in [9.17, 15) is 14.9 Å². The van der Waals surface area contributed by atoms with Crippen molar-refractivity contribution in [3.63, 3.8) is 0 Å². The van der Waals surface area contributed by atoms with Crippen molar-refractivity contribution in [1.82, 2.24) is 4.57 Å². The number of hydrogen-bond acceptors (Lipinski definition) is 4. The summed E-state index contributed by atoms with van der Waals surface area (Å²) in [6.45, 7) is 3.31. The average Bonchev–Trinajstić information content (AvgIpc) is 2.83. The van der Waals surface area contributed by atoms with Crippen LogP contribution in [0.3, 0.4) is 0 Å². The number of Topliss-reactive ketones (excluding diaryl/α,β-unsaturated/α-hetero) is 1. The van der Waals surface area contributed by atoms with Gasteiger partial charge in [-0.05, 0) is 37.6 Å². The number of rotatable bonds is 5. The molecule has 0 aliphatic rings. The molecule has 1 aromatic heterocycles. The Balaban J connectivity index is 2.17. The lowest BCUT2D eigenvalue weighted by atomic mass is 10.1. The van der Waals surface area contributed by atoms with Crippen molar-refractivity contribution < 1.29 is 14.5 Å². The Morgan fingerprint density at radius 2 is 2.05 bits per heavy atom. The van der Waals surface area contributed by atoms with Gasteiger partial charge >= 0.3 is 0 Å². The lowest BCUT2D eigenvalue weighted by molar-refractivity contribution is -0.385. The molecule has 0 bridgehead atoms. The van der Waals surface area contributed by atoms with Gasteiger partial charge in [0.1, 0.15) is 5.75 Å². The number of hydrogen-bond donors (Lipinski definition) is 0. The molecule has 0 unspecified atom stereocenters. The first kappa shape index (κ1) is 14.8. The molecule has 1 aromatic carbocycles. The van der Waals surface area contributed by atoms with Crippen molar-refractivity contribution >= 4 is 11.5 Å². The Bertz CT molecular complexity index is 704. The smallest absolute Gasteiger partial charge is 0.276 e. The van der Waals surface area contributed by atoms with Gasteiger partial charge in [-0.15, -0.1) is 0 Å². The van der Waals surface area contributed by atoms with E-state index < -0.39 is 4.92 Å². The fraction of sp³-hybridized carbons (Fsp3) is 0.267. The molecule has 0 aliphatic heterocycles. The van der Waals surface area contributed by atoms with Crippen LogP contribution in [0.15, 0.2) is 30.5 Å². The van der Waals surface area contributed by atoms with Gasteiger partial charge in [-0.3, -0.25) is 14.9 Å². The summed E-state index contributed by atoms with van der Waals surface area (Å²) in [5, 5.41) is 10.9. The SMILES string of the molecule is Cc1cc(C)c([N+](=O)[O-])cc1OCC(=O)c1cccn1C. The van der Waals surface area contributed by atoms with Crippen molar-refractivity contribution in [2.45, 2.75) is 13.8 Å². The number of nitrogens with zero attached hydrogens (tertiary/aromatic N) is 2. The molecule has 0 atom stereocenters. The Morgan fingerprint density at radius 3 is 2.62 bits per heavy atom. The summed E-state index contributed by atoms with van der Waals surface area (Å²) in [4.78, 5) is 22.5. The maximum atomic E-state index is 12.0. The second kappa shape index (κ2) is 5.78. The number of carbonyl (C=O) groups is 1. The number of nitro groups is 1. The Morgan fingerprint density at radius 1 is 1.33 bits per heavy atom. The van der Waals surface area contributed by atoms with Gasteiger partial charge < -0.3 is 9.30 Å². The molecule has 0 fully saturated rings. The highest BCUT2D eigenvalue weighted by molar-refractivity contribution is 5.95. The van der Waals surface area contributed by atoms with Crippen LogP contribution < -0.4 is 4.74 Å². The zero-order valence-corrected chi connectivity index (χ0v) is 12.1. The maximum absolute atomic E-state index is 12.0. The van der Waals surface area contributed by atoms with E-state index in [-0.39, 0.29) is 18.1 Å². The molecule has 0 saturated carbocycles. The second-order valence-corrected chi connectivity index (χ2v) is 4.88. The standard InChI is InChI=1S/C15H16N2O4/c1-10-7-11(2)15(8-13(10)17(19)20)21-9-14(18)12-5-4-6-16(12)3/h4-8H,9H2,1-3H3. The van der Waals surface area contributed by atoms with Crippen molar-refractivity contribution in [2.75, 3.05) is 6.61 Å². The van der Waals surface area contributed by atoms with E-state index >= 15 is 0 Å². The van der Waals surface area contributed by atoms with Crippen molar-refractivity contribution in [1.29, 1.82) is 0 Å². The summed E-state index contributed by atoms with van der Waals surface area (Å²) in [6.07, 6.45) is 1.77. The second-order valence-electron chi connectivity index (χ2n) is 4.88. The van der Waals surface area contributed by atoms with Crippen molar-refractivity contribution in [3.05, 3.63) is 57.4 Å². The van der Waals surface area contributed by atoms with Crippen LogP contribution in [0.25, 0.3) is 0 Å². The molecule has 21 heavy (non-hydrogen) atoms. The molecule has 1 heterocycles. The number of aromatic nitrogens is 1. The normalized spacial score (nSPS) is 10.4. The molecule has 6 nitrogen and oxygen atoms in total. The summed E-state index contributed by atoms with van der Waals surface area (Å²) < 4.78 is 7.16. The van der Waals surface area contributed by atoms with Gasteiger partial charge in [-0.2, -0.15) is 0 Å². The largest absolute Gasteiger partial charge is 0.485 e. The zero-order valence-electron chi connectivity index (χ0n) is 12.1. The van der Waals surface area contributed by atoms with E-state index in [2.05, 4.69) is 0 Å². The number of nitro benzene ring substituents is 1. The minimum atomic E-state index is -0.458. The summed E-state index contributed by atoms with van der Waals surface area (Å²) in [6, 6.07) is 6.52. The number of benzene rings is 1. The molecular formula is C15H16N2O4. The minimum absolute atomic E-state index is 0.0121. The number of ether oxygens (including phenoxy) is 1. The lowest BCUT2D eigenvalue weighted by Gasteiger charge is -2.10. The highest BCUT2D eigenvalue weighted by Gasteiger charge is 2.16. The number of ketones is 1. The van der Waals surface area contributed by atoms with Crippen LogP contribution in [0.4, 0.5) is 5.69 Å². The van der Waals surface area contributed by atoms with E-state index in [4.69, 9.17) is 4.74 Å².